The second-order valence-electron chi connectivity index (χ2n) is 3.62. The minimum Gasteiger partial charge on any atom is -0.207 e. The number of thioether (sulfide) groups is 1. The summed E-state index contributed by atoms with van der Waals surface area (Å²) in [6.07, 6.45) is 1.90. The summed E-state index contributed by atoms with van der Waals surface area (Å²) in [5, 5.41) is 8.92. The van der Waals surface area contributed by atoms with Gasteiger partial charge in [0.05, 0.1) is 6.07 Å². The highest BCUT2D eigenvalue weighted by atomic mass is 32.2. The van der Waals surface area contributed by atoms with E-state index in [1.54, 1.807) is 17.8 Å². The van der Waals surface area contributed by atoms with E-state index in [4.69, 9.17) is 5.26 Å². The Balaban J connectivity index is 2.22. The summed E-state index contributed by atoms with van der Waals surface area (Å²) in [5.74, 6) is -0.214. The predicted molar refractivity (Wildman–Crippen MR) is 54.6 cm³/mol. The second-order valence-corrected chi connectivity index (χ2v) is 5.04. The molecule has 1 nitrogen and oxygen atoms in total. The first kappa shape index (κ1) is 9.54. The van der Waals surface area contributed by atoms with Gasteiger partial charge in [-0.25, -0.2) is 4.39 Å². The molecule has 0 aliphatic heterocycles. The lowest BCUT2D eigenvalue weighted by molar-refractivity contribution is 0.625. The number of rotatable bonds is 2. The standard InChI is InChI=1S/C11H10FNS/c1-8-6-9(12)2-3-10(8)14-11(7-13)4-5-11/h2-3,6H,4-5H2,1H3. The molecule has 0 aromatic heterocycles. The van der Waals surface area contributed by atoms with Gasteiger partial charge in [0, 0.05) is 4.90 Å². The lowest BCUT2D eigenvalue weighted by atomic mass is 10.2. The molecule has 1 fully saturated rings. The summed E-state index contributed by atoms with van der Waals surface area (Å²) in [6.45, 7) is 1.87. The lowest BCUT2D eigenvalue weighted by Crippen LogP contribution is -1.97. The van der Waals surface area contributed by atoms with Gasteiger partial charge in [-0.05, 0) is 43.5 Å². The Kier molecular flexibility index (Phi) is 2.24. The molecule has 0 heterocycles. The quantitative estimate of drug-likeness (QED) is 0.743. The van der Waals surface area contributed by atoms with Crippen LogP contribution in [-0.2, 0) is 0 Å². The molecular weight excluding hydrogens is 197 g/mol. The first-order valence-corrected chi connectivity index (χ1v) is 5.33. The van der Waals surface area contributed by atoms with Crippen LogP contribution in [0, 0.1) is 24.1 Å². The van der Waals surface area contributed by atoms with Crippen LogP contribution in [0.5, 0.6) is 0 Å². The summed E-state index contributed by atoms with van der Waals surface area (Å²) >= 11 is 1.56. The fraction of sp³-hybridized carbons (Fsp3) is 0.364. The molecule has 0 saturated heterocycles. The first-order chi connectivity index (χ1) is 6.65. The fourth-order valence-corrected chi connectivity index (χ4v) is 2.42. The zero-order valence-corrected chi connectivity index (χ0v) is 8.70. The van der Waals surface area contributed by atoms with Gasteiger partial charge in [-0.1, -0.05) is 0 Å². The minimum atomic E-state index is -0.220. The Morgan fingerprint density at radius 2 is 2.21 bits per heavy atom. The molecule has 0 radical (unpaired) electrons. The van der Waals surface area contributed by atoms with Crippen LogP contribution in [0.1, 0.15) is 18.4 Å². The lowest BCUT2D eigenvalue weighted by Gasteiger charge is -2.08. The smallest absolute Gasteiger partial charge is 0.123 e. The van der Waals surface area contributed by atoms with Gasteiger partial charge in [0.1, 0.15) is 10.6 Å². The molecule has 1 aromatic carbocycles. The first-order valence-electron chi connectivity index (χ1n) is 4.52. The zero-order chi connectivity index (χ0) is 10.2. The number of hydrogen-bond acceptors (Lipinski definition) is 2. The monoisotopic (exact) mass is 207 g/mol. The van der Waals surface area contributed by atoms with Gasteiger partial charge in [-0.3, -0.25) is 0 Å². The van der Waals surface area contributed by atoms with E-state index in [9.17, 15) is 4.39 Å². The van der Waals surface area contributed by atoms with E-state index >= 15 is 0 Å². The Morgan fingerprint density at radius 1 is 1.50 bits per heavy atom. The Morgan fingerprint density at radius 3 is 2.71 bits per heavy atom. The van der Waals surface area contributed by atoms with Gasteiger partial charge in [0.15, 0.2) is 0 Å². The molecule has 72 valence electrons. The summed E-state index contributed by atoms with van der Waals surface area (Å²) in [4.78, 5) is 1.02. The van der Waals surface area contributed by atoms with Crippen LogP contribution >= 0.6 is 11.8 Å². The van der Waals surface area contributed by atoms with Crippen LogP contribution in [-0.4, -0.2) is 4.75 Å². The van der Waals surface area contributed by atoms with Crippen molar-refractivity contribution in [3.8, 4) is 6.07 Å². The SMILES string of the molecule is Cc1cc(F)ccc1SC1(C#N)CC1. The molecule has 1 saturated carbocycles. The van der Waals surface area contributed by atoms with Crippen molar-refractivity contribution in [2.45, 2.75) is 29.4 Å². The van der Waals surface area contributed by atoms with Crippen LogP contribution < -0.4 is 0 Å². The molecule has 0 spiro atoms. The molecule has 0 unspecified atom stereocenters. The third kappa shape index (κ3) is 1.76. The van der Waals surface area contributed by atoms with Crippen molar-refractivity contribution in [3.63, 3.8) is 0 Å². The summed E-state index contributed by atoms with van der Waals surface area (Å²) in [5.41, 5.74) is 0.913. The van der Waals surface area contributed by atoms with E-state index in [-0.39, 0.29) is 10.6 Å². The fourth-order valence-electron chi connectivity index (χ4n) is 1.29. The van der Waals surface area contributed by atoms with E-state index in [0.717, 1.165) is 23.3 Å². The highest BCUT2D eigenvalue weighted by Crippen LogP contribution is 2.51. The van der Waals surface area contributed by atoms with Crippen LogP contribution in [0.4, 0.5) is 4.39 Å². The minimum absolute atomic E-state index is 0.214. The number of halogens is 1. The summed E-state index contributed by atoms with van der Waals surface area (Å²) < 4.78 is 12.6. The van der Waals surface area contributed by atoms with Crippen molar-refractivity contribution in [2.75, 3.05) is 0 Å². The van der Waals surface area contributed by atoms with E-state index in [1.165, 1.54) is 12.1 Å². The van der Waals surface area contributed by atoms with Crippen molar-refractivity contribution in [2.24, 2.45) is 0 Å². The van der Waals surface area contributed by atoms with E-state index in [0.29, 0.717) is 0 Å². The Hall–Kier alpha value is -1.01. The molecule has 0 N–H and O–H groups in total. The van der Waals surface area contributed by atoms with Crippen LogP contribution in [0.2, 0.25) is 0 Å². The number of nitriles is 1. The van der Waals surface area contributed by atoms with Gasteiger partial charge in [0.25, 0.3) is 0 Å². The Labute approximate surface area is 86.9 Å². The van der Waals surface area contributed by atoms with Crippen molar-refractivity contribution < 1.29 is 4.39 Å². The number of aryl methyl sites for hydroxylation is 1. The van der Waals surface area contributed by atoms with E-state index in [1.807, 2.05) is 6.92 Å². The molecule has 3 heteroatoms. The number of nitrogens with zero attached hydrogens (tertiary/aromatic N) is 1. The molecule has 0 amide bonds. The van der Waals surface area contributed by atoms with Crippen molar-refractivity contribution in [3.05, 3.63) is 29.6 Å². The van der Waals surface area contributed by atoms with Crippen LogP contribution in [0.3, 0.4) is 0 Å². The topological polar surface area (TPSA) is 23.8 Å². The van der Waals surface area contributed by atoms with Gasteiger partial charge < -0.3 is 0 Å². The molecule has 1 aromatic rings. The molecule has 2 rings (SSSR count). The second kappa shape index (κ2) is 3.29. The molecular formula is C11H10FNS. The molecule has 0 atom stereocenters. The molecule has 14 heavy (non-hydrogen) atoms. The van der Waals surface area contributed by atoms with Crippen LogP contribution in [0.15, 0.2) is 23.1 Å². The molecule has 1 aliphatic rings. The summed E-state index contributed by atoms with van der Waals surface area (Å²) in [7, 11) is 0. The van der Waals surface area contributed by atoms with Crippen molar-refractivity contribution >= 4 is 11.8 Å². The third-order valence-electron chi connectivity index (χ3n) is 2.35. The number of hydrogen-bond donors (Lipinski definition) is 0. The maximum atomic E-state index is 12.8. The van der Waals surface area contributed by atoms with Crippen molar-refractivity contribution in [1.29, 1.82) is 5.26 Å². The average Bonchev–Trinajstić information content (AvgIpc) is 2.91. The molecule has 1 aliphatic carbocycles. The third-order valence-corrected chi connectivity index (χ3v) is 3.92. The van der Waals surface area contributed by atoms with Gasteiger partial charge in [-0.15, -0.1) is 11.8 Å². The van der Waals surface area contributed by atoms with Gasteiger partial charge in [-0.2, -0.15) is 5.26 Å². The van der Waals surface area contributed by atoms with E-state index in [2.05, 4.69) is 6.07 Å². The highest BCUT2D eigenvalue weighted by molar-refractivity contribution is 8.01. The van der Waals surface area contributed by atoms with E-state index < -0.39 is 0 Å². The van der Waals surface area contributed by atoms with Gasteiger partial charge >= 0.3 is 0 Å². The Bertz CT molecular complexity index is 404. The van der Waals surface area contributed by atoms with Crippen LogP contribution in [0.25, 0.3) is 0 Å². The van der Waals surface area contributed by atoms with Gasteiger partial charge in [0.2, 0.25) is 0 Å². The average molecular weight is 207 g/mol. The normalized spacial score (nSPS) is 17.5. The maximum Gasteiger partial charge on any atom is 0.123 e. The predicted octanol–water partition coefficient (Wildman–Crippen LogP) is 3.28. The highest BCUT2D eigenvalue weighted by Gasteiger charge is 2.44. The molecule has 0 bridgehead atoms. The number of benzene rings is 1. The zero-order valence-electron chi connectivity index (χ0n) is 7.88. The maximum absolute atomic E-state index is 12.8. The summed E-state index contributed by atoms with van der Waals surface area (Å²) in [6, 6.07) is 7.03. The van der Waals surface area contributed by atoms with Crippen molar-refractivity contribution in [1.82, 2.24) is 0 Å². The largest absolute Gasteiger partial charge is 0.207 e.